The summed E-state index contributed by atoms with van der Waals surface area (Å²) in [7, 11) is 0. The van der Waals surface area contributed by atoms with Crippen LogP contribution in [0.3, 0.4) is 0 Å². The third-order valence-electron chi connectivity index (χ3n) is 3.28. The molecule has 0 fully saturated rings. The minimum absolute atomic E-state index is 0.223. The largest absolute Gasteiger partial charge is 0.470 e. The Morgan fingerprint density at radius 3 is 2.70 bits per heavy atom. The summed E-state index contributed by atoms with van der Waals surface area (Å²) >= 11 is 0. The van der Waals surface area contributed by atoms with E-state index in [1.807, 2.05) is 13.0 Å². The summed E-state index contributed by atoms with van der Waals surface area (Å²) in [4.78, 5) is 16.3. The monoisotopic (exact) mass is 387 g/mol. The van der Waals surface area contributed by atoms with Crippen LogP contribution in [0, 0.1) is 0 Å². The molecule has 0 bridgehead atoms. The lowest BCUT2D eigenvalue weighted by Gasteiger charge is -2.15. The summed E-state index contributed by atoms with van der Waals surface area (Å²) < 4.78 is 40.4. The highest BCUT2D eigenvalue weighted by atomic mass is 19.4. The number of nitrogens with zero attached hydrogens (tertiary/aromatic N) is 1. The second-order valence-electron chi connectivity index (χ2n) is 5.69. The molecule has 0 saturated carbocycles. The van der Waals surface area contributed by atoms with Gasteiger partial charge in [-0.3, -0.25) is 4.79 Å². The van der Waals surface area contributed by atoms with E-state index in [4.69, 9.17) is 11.5 Å². The number of amides is 1. The number of nitrogens with one attached hydrogen (secondary N) is 2. The molecule has 7 nitrogen and oxygen atoms in total. The number of nitrogens with two attached hydrogens (primary N) is 2. The van der Waals surface area contributed by atoms with Crippen LogP contribution in [0.25, 0.3) is 0 Å². The van der Waals surface area contributed by atoms with Gasteiger partial charge in [0.25, 0.3) is 5.91 Å². The number of alkyl halides is 3. The van der Waals surface area contributed by atoms with E-state index in [0.717, 1.165) is 30.7 Å². The number of halogens is 3. The molecule has 1 aromatic rings. The quantitative estimate of drug-likeness (QED) is 0.294. The van der Waals surface area contributed by atoms with E-state index in [0.29, 0.717) is 5.82 Å². The molecule has 150 valence electrons. The third kappa shape index (κ3) is 8.84. The normalized spacial score (nSPS) is 13.8. The van der Waals surface area contributed by atoms with Gasteiger partial charge in [-0.2, -0.15) is 13.2 Å². The van der Waals surface area contributed by atoms with Crippen LogP contribution in [-0.2, 0) is 9.53 Å². The molecular formula is C17H24F3N5O2. The zero-order valence-electron chi connectivity index (χ0n) is 15.1. The fourth-order valence-corrected chi connectivity index (χ4v) is 1.89. The molecule has 0 radical (unpaired) electrons. The average molecular weight is 387 g/mol. The minimum Gasteiger partial charge on any atom is -0.470 e. The summed E-state index contributed by atoms with van der Waals surface area (Å²) in [5, 5.41) is 5.83. The SMILES string of the molecule is CCCNc1cc(C(C)NC(=O)/C(N)=C/C=C(\N)OCC(F)(F)F)ccn1. The topological polar surface area (TPSA) is 115 Å². The van der Waals surface area contributed by atoms with Crippen molar-refractivity contribution in [3.63, 3.8) is 0 Å². The minimum atomic E-state index is -4.50. The van der Waals surface area contributed by atoms with Crippen molar-refractivity contribution in [3.05, 3.63) is 47.6 Å². The first-order chi connectivity index (χ1) is 12.6. The van der Waals surface area contributed by atoms with E-state index in [1.165, 1.54) is 0 Å². The molecule has 1 amide bonds. The molecule has 1 rings (SSSR count). The van der Waals surface area contributed by atoms with E-state index >= 15 is 0 Å². The van der Waals surface area contributed by atoms with Gasteiger partial charge >= 0.3 is 6.18 Å². The average Bonchev–Trinajstić information content (AvgIpc) is 2.62. The fourth-order valence-electron chi connectivity index (χ4n) is 1.89. The smallest absolute Gasteiger partial charge is 0.422 e. The van der Waals surface area contributed by atoms with Crippen LogP contribution in [0.4, 0.5) is 19.0 Å². The second-order valence-corrected chi connectivity index (χ2v) is 5.69. The van der Waals surface area contributed by atoms with Crippen molar-refractivity contribution in [2.75, 3.05) is 18.5 Å². The summed E-state index contributed by atoms with van der Waals surface area (Å²) in [6, 6.07) is 3.20. The first-order valence-electron chi connectivity index (χ1n) is 8.25. The van der Waals surface area contributed by atoms with E-state index in [2.05, 4.69) is 20.4 Å². The number of hydrogen-bond donors (Lipinski definition) is 4. The number of anilines is 1. The van der Waals surface area contributed by atoms with Gasteiger partial charge in [0, 0.05) is 12.7 Å². The summed E-state index contributed by atoms with van der Waals surface area (Å²) in [6.45, 7) is 3.05. The van der Waals surface area contributed by atoms with Gasteiger partial charge in [-0.05, 0) is 43.2 Å². The number of hydrogen-bond acceptors (Lipinski definition) is 6. The molecule has 1 heterocycles. The predicted octanol–water partition coefficient (Wildman–Crippen LogP) is 2.30. The van der Waals surface area contributed by atoms with Crippen LogP contribution >= 0.6 is 0 Å². The maximum Gasteiger partial charge on any atom is 0.422 e. The van der Waals surface area contributed by atoms with Gasteiger partial charge in [-0.25, -0.2) is 4.98 Å². The van der Waals surface area contributed by atoms with Crippen LogP contribution in [-0.4, -0.2) is 30.2 Å². The van der Waals surface area contributed by atoms with E-state index in [1.54, 1.807) is 19.2 Å². The molecule has 1 aromatic heterocycles. The standard InChI is InChI=1S/C17H24F3N5O2/c1-3-7-23-15-9-12(6-8-24-15)11(2)25-16(26)13(21)4-5-14(22)27-10-17(18,19)20/h4-6,8-9,11H,3,7,10,21-22H2,1-2H3,(H,23,24)(H,25,26)/b13-4-,14-5+. The Labute approximate surface area is 155 Å². The van der Waals surface area contributed by atoms with Gasteiger partial charge in [0.15, 0.2) is 12.5 Å². The molecule has 0 aliphatic carbocycles. The Hall–Kier alpha value is -2.91. The van der Waals surface area contributed by atoms with Gasteiger partial charge in [0.1, 0.15) is 5.82 Å². The Morgan fingerprint density at radius 1 is 1.37 bits per heavy atom. The predicted molar refractivity (Wildman–Crippen MR) is 96.1 cm³/mol. The van der Waals surface area contributed by atoms with E-state index in [-0.39, 0.29) is 11.7 Å². The molecule has 10 heteroatoms. The van der Waals surface area contributed by atoms with Gasteiger partial charge in [0.05, 0.1) is 11.7 Å². The third-order valence-corrected chi connectivity index (χ3v) is 3.28. The molecule has 1 unspecified atom stereocenters. The Bertz CT molecular complexity index is 689. The molecule has 6 N–H and O–H groups in total. The van der Waals surface area contributed by atoms with Crippen LogP contribution in [0.15, 0.2) is 42.1 Å². The van der Waals surface area contributed by atoms with Crippen LogP contribution < -0.4 is 22.1 Å². The number of allylic oxidation sites excluding steroid dienone is 2. The zero-order chi connectivity index (χ0) is 20.4. The second kappa shape index (κ2) is 10.3. The zero-order valence-corrected chi connectivity index (χ0v) is 15.1. The molecule has 27 heavy (non-hydrogen) atoms. The van der Waals surface area contributed by atoms with Gasteiger partial charge in [0.2, 0.25) is 0 Å². The number of pyridine rings is 1. The van der Waals surface area contributed by atoms with Crippen molar-refractivity contribution in [2.24, 2.45) is 11.5 Å². The molecule has 0 aliphatic rings. The van der Waals surface area contributed by atoms with Crippen LogP contribution in [0.2, 0.25) is 0 Å². The fraction of sp³-hybridized carbons (Fsp3) is 0.412. The Kier molecular flexibility index (Phi) is 8.43. The molecule has 0 saturated heterocycles. The van der Waals surface area contributed by atoms with Crippen molar-refractivity contribution < 1.29 is 22.7 Å². The summed E-state index contributed by atoms with van der Waals surface area (Å²) in [5.41, 5.74) is 11.5. The van der Waals surface area contributed by atoms with Gasteiger partial charge in [-0.15, -0.1) is 0 Å². The number of ether oxygens (including phenoxy) is 1. The lowest BCUT2D eigenvalue weighted by Crippen LogP contribution is -2.31. The van der Waals surface area contributed by atoms with Gasteiger partial charge in [-0.1, -0.05) is 6.92 Å². The number of carbonyl (C=O) groups excluding carboxylic acids is 1. The summed E-state index contributed by atoms with van der Waals surface area (Å²) in [6.07, 6.45) is 0.133. The lowest BCUT2D eigenvalue weighted by atomic mass is 10.1. The lowest BCUT2D eigenvalue weighted by molar-refractivity contribution is -0.165. The first-order valence-corrected chi connectivity index (χ1v) is 8.25. The number of carbonyl (C=O) groups is 1. The van der Waals surface area contributed by atoms with Crippen LogP contribution in [0.5, 0.6) is 0 Å². The first kappa shape index (κ1) is 22.1. The maximum absolute atomic E-state index is 12.1. The van der Waals surface area contributed by atoms with Crippen molar-refractivity contribution in [3.8, 4) is 0 Å². The highest BCUT2D eigenvalue weighted by Gasteiger charge is 2.28. The van der Waals surface area contributed by atoms with E-state index in [9.17, 15) is 18.0 Å². The maximum atomic E-state index is 12.1. The Balaban J connectivity index is 2.66. The molecule has 0 aliphatic heterocycles. The number of aromatic nitrogens is 1. The van der Waals surface area contributed by atoms with Gasteiger partial charge < -0.3 is 26.8 Å². The van der Waals surface area contributed by atoms with Crippen molar-refractivity contribution in [2.45, 2.75) is 32.5 Å². The molecule has 0 aromatic carbocycles. The van der Waals surface area contributed by atoms with E-state index < -0.39 is 24.6 Å². The molecule has 0 spiro atoms. The molecule has 1 atom stereocenters. The van der Waals surface area contributed by atoms with Crippen LogP contribution in [0.1, 0.15) is 31.9 Å². The summed E-state index contributed by atoms with van der Waals surface area (Å²) in [5.74, 6) is -0.407. The highest BCUT2D eigenvalue weighted by Crippen LogP contribution is 2.16. The van der Waals surface area contributed by atoms with Crippen molar-refractivity contribution >= 4 is 11.7 Å². The molecular weight excluding hydrogens is 363 g/mol. The Morgan fingerprint density at radius 2 is 2.07 bits per heavy atom. The van der Waals surface area contributed by atoms with Crippen molar-refractivity contribution in [1.29, 1.82) is 0 Å². The number of rotatable bonds is 9. The highest BCUT2D eigenvalue weighted by molar-refractivity contribution is 5.92. The van der Waals surface area contributed by atoms with Crippen molar-refractivity contribution in [1.82, 2.24) is 10.3 Å².